The minimum absolute atomic E-state index is 0.0529. The van der Waals surface area contributed by atoms with E-state index in [1.54, 1.807) is 0 Å². The highest BCUT2D eigenvalue weighted by atomic mass is 16.5. The number of amides is 5. The fourth-order valence-corrected chi connectivity index (χ4v) is 7.74. The largest absolute Gasteiger partial charge is 0.460 e. The van der Waals surface area contributed by atoms with Gasteiger partial charge >= 0.3 is 12.0 Å². The van der Waals surface area contributed by atoms with E-state index in [1.807, 2.05) is 79.7 Å². The van der Waals surface area contributed by atoms with Gasteiger partial charge < -0.3 is 31.3 Å². The van der Waals surface area contributed by atoms with E-state index >= 15 is 0 Å². The summed E-state index contributed by atoms with van der Waals surface area (Å²) < 4.78 is 5.90. The fraction of sp³-hybridized carbons (Fsp3) is 0.676. The quantitative estimate of drug-likeness (QED) is 0.205. The number of esters is 1. The van der Waals surface area contributed by atoms with Crippen molar-refractivity contribution in [2.45, 2.75) is 118 Å². The van der Waals surface area contributed by atoms with Crippen LogP contribution in [0, 0.1) is 34.0 Å². The van der Waals surface area contributed by atoms with Crippen LogP contribution in [0.15, 0.2) is 24.3 Å². The van der Waals surface area contributed by atoms with Gasteiger partial charge in [0.25, 0.3) is 5.91 Å². The van der Waals surface area contributed by atoms with E-state index in [2.05, 4.69) is 16.0 Å². The van der Waals surface area contributed by atoms with Crippen molar-refractivity contribution in [1.29, 1.82) is 0 Å². The molecule has 4 aliphatic rings. The van der Waals surface area contributed by atoms with Crippen LogP contribution in [0.1, 0.15) is 85.8 Å². The number of urea groups is 1. The second kappa shape index (κ2) is 13.1. The van der Waals surface area contributed by atoms with E-state index in [0.717, 1.165) is 24.0 Å². The molecule has 6 atom stereocenters. The van der Waals surface area contributed by atoms with Crippen LogP contribution in [-0.4, -0.2) is 77.2 Å². The number of nitrogens with one attached hydrogen (secondary N) is 3. The average molecular weight is 680 g/mol. The third kappa shape index (κ3) is 7.78. The molecule has 1 aliphatic heterocycles. The Kier molecular flexibility index (Phi) is 9.68. The zero-order valence-corrected chi connectivity index (χ0v) is 30.1. The van der Waals surface area contributed by atoms with Gasteiger partial charge in [0, 0.05) is 19.4 Å². The van der Waals surface area contributed by atoms with Gasteiger partial charge in [-0.25, -0.2) is 9.59 Å². The van der Waals surface area contributed by atoms with Gasteiger partial charge in [-0.05, 0) is 51.5 Å². The Labute approximate surface area is 289 Å². The summed E-state index contributed by atoms with van der Waals surface area (Å²) in [5.74, 6) is -3.32. The number of piperidine rings is 1. The van der Waals surface area contributed by atoms with Crippen LogP contribution < -0.4 is 21.7 Å². The van der Waals surface area contributed by atoms with Crippen molar-refractivity contribution in [2.75, 3.05) is 6.54 Å². The molecule has 2 saturated carbocycles. The minimum Gasteiger partial charge on any atom is -0.460 e. The molecule has 268 valence electrons. The number of ketones is 1. The molecular formula is C37H53N5O7. The monoisotopic (exact) mass is 679 g/mol. The maximum atomic E-state index is 14.4. The third-order valence-electron chi connectivity index (χ3n) is 11.0. The van der Waals surface area contributed by atoms with E-state index in [1.165, 1.54) is 4.90 Å². The first-order chi connectivity index (χ1) is 22.7. The number of primary amides is 1. The lowest BCUT2D eigenvalue weighted by Gasteiger charge is -2.38. The molecule has 12 nitrogen and oxygen atoms in total. The first-order valence-electron chi connectivity index (χ1n) is 17.5. The third-order valence-corrected chi connectivity index (χ3v) is 11.0. The summed E-state index contributed by atoms with van der Waals surface area (Å²) in [6.07, 6.45) is 3.02. The van der Waals surface area contributed by atoms with Crippen LogP contribution >= 0.6 is 0 Å². The highest BCUT2D eigenvalue weighted by molar-refractivity contribution is 6.37. The molecule has 3 fully saturated rings. The molecular weight excluding hydrogens is 626 g/mol. The molecule has 5 rings (SSSR count). The number of hydrogen-bond donors (Lipinski definition) is 4. The van der Waals surface area contributed by atoms with Crippen molar-refractivity contribution in [3.63, 3.8) is 0 Å². The lowest BCUT2D eigenvalue weighted by Crippen LogP contribution is -2.62. The van der Waals surface area contributed by atoms with Crippen LogP contribution in [0.4, 0.5) is 4.79 Å². The van der Waals surface area contributed by atoms with Crippen molar-refractivity contribution in [2.24, 2.45) is 39.7 Å². The number of nitrogens with two attached hydrogens (primary N) is 1. The average Bonchev–Trinajstić information content (AvgIpc) is 3.75. The standard InChI is InChI=1S/C37H53N5O7/c1-35(2,3)28(40-34(48)41-29(36(4,5)6)33(47)49-22-16-20-11-9-10-12-21(20)17-22)32(46)42-18-23-25(37(23,7)8)26(42)31(45)39-24(15-19-13-14-19)27(43)30(38)44/h9-12,19,22-26,28-29H,13-18H2,1-8H3,(H2,38,44)(H,39,45)(H2,40,41,48)/t23-,24?,25-,26-,28-,29-/m0/s1. The molecule has 1 heterocycles. The molecule has 0 bridgehead atoms. The molecule has 3 aliphatic carbocycles. The first kappa shape index (κ1) is 36.3. The van der Waals surface area contributed by atoms with E-state index < -0.39 is 70.5 Å². The van der Waals surface area contributed by atoms with Crippen LogP contribution in [0.3, 0.4) is 0 Å². The fourth-order valence-electron chi connectivity index (χ4n) is 7.74. The zero-order chi connectivity index (χ0) is 36.2. The SMILES string of the molecule is CC(C)(C)[C@@H](NC(=O)N[C@@H](C(=O)N1C[C@H]2[C@@H]([C@H]1C(=O)NC(CC1CC1)C(=O)C(N)=O)C2(C)C)C(C)(C)C)C(=O)OC1Cc2ccccc2C1. The lowest BCUT2D eigenvalue weighted by molar-refractivity contribution is -0.153. The molecule has 49 heavy (non-hydrogen) atoms. The number of carbonyl (C=O) groups excluding carboxylic acids is 6. The maximum Gasteiger partial charge on any atom is 0.329 e. The lowest BCUT2D eigenvalue weighted by atomic mass is 9.85. The first-order valence-corrected chi connectivity index (χ1v) is 17.5. The second-order valence-electron chi connectivity index (χ2n) is 17.3. The van der Waals surface area contributed by atoms with Gasteiger partial charge in [-0.15, -0.1) is 0 Å². The van der Waals surface area contributed by atoms with E-state index in [4.69, 9.17) is 10.5 Å². The number of likely N-dealkylation sites (tertiary alicyclic amines) is 1. The number of ether oxygens (including phenoxy) is 1. The van der Waals surface area contributed by atoms with Crippen LogP contribution in [-0.2, 0) is 41.6 Å². The summed E-state index contributed by atoms with van der Waals surface area (Å²) in [7, 11) is 0. The topological polar surface area (TPSA) is 177 Å². The molecule has 5 N–H and O–H groups in total. The number of benzene rings is 1. The Balaban J connectivity index is 1.29. The maximum absolute atomic E-state index is 14.4. The van der Waals surface area contributed by atoms with Crippen LogP contribution in [0.25, 0.3) is 0 Å². The van der Waals surface area contributed by atoms with Gasteiger partial charge in [-0.3, -0.25) is 19.2 Å². The summed E-state index contributed by atoms with van der Waals surface area (Å²) >= 11 is 0. The van der Waals surface area contributed by atoms with Gasteiger partial charge in [-0.2, -0.15) is 0 Å². The summed E-state index contributed by atoms with van der Waals surface area (Å²) in [6.45, 7) is 15.3. The van der Waals surface area contributed by atoms with E-state index in [9.17, 15) is 28.8 Å². The zero-order valence-electron chi connectivity index (χ0n) is 30.1. The summed E-state index contributed by atoms with van der Waals surface area (Å²) in [5.41, 5.74) is 5.90. The van der Waals surface area contributed by atoms with Crippen molar-refractivity contribution in [1.82, 2.24) is 20.9 Å². The van der Waals surface area contributed by atoms with Gasteiger partial charge in [-0.1, -0.05) is 92.5 Å². The number of carbonyl (C=O) groups is 6. The van der Waals surface area contributed by atoms with Crippen LogP contribution in [0.2, 0.25) is 0 Å². The molecule has 1 aromatic carbocycles. The Hall–Kier alpha value is -3.96. The molecule has 5 amide bonds. The predicted molar refractivity (Wildman–Crippen MR) is 182 cm³/mol. The summed E-state index contributed by atoms with van der Waals surface area (Å²) in [4.78, 5) is 81.3. The molecule has 1 aromatic rings. The van der Waals surface area contributed by atoms with Gasteiger partial charge in [0.2, 0.25) is 17.6 Å². The Bertz CT molecular complexity index is 1500. The van der Waals surface area contributed by atoms with Gasteiger partial charge in [0.15, 0.2) is 0 Å². The van der Waals surface area contributed by atoms with Crippen molar-refractivity contribution < 1.29 is 33.5 Å². The number of nitrogens with zero attached hydrogens (tertiary/aromatic N) is 1. The Morgan fingerprint density at radius 3 is 1.96 bits per heavy atom. The summed E-state index contributed by atoms with van der Waals surface area (Å²) in [6, 6.07) is 3.24. The highest BCUT2D eigenvalue weighted by Crippen LogP contribution is 2.65. The van der Waals surface area contributed by atoms with Gasteiger partial charge in [0.05, 0.1) is 6.04 Å². The smallest absolute Gasteiger partial charge is 0.329 e. The Morgan fingerprint density at radius 1 is 0.898 bits per heavy atom. The van der Waals surface area contributed by atoms with Crippen molar-refractivity contribution in [3.8, 4) is 0 Å². The molecule has 12 heteroatoms. The van der Waals surface area contributed by atoms with Crippen molar-refractivity contribution >= 4 is 35.5 Å². The number of fused-ring (bicyclic) bond motifs is 2. The van der Waals surface area contributed by atoms with Crippen LogP contribution in [0.5, 0.6) is 0 Å². The molecule has 0 aromatic heterocycles. The molecule has 1 unspecified atom stereocenters. The number of rotatable bonds is 11. The van der Waals surface area contributed by atoms with Gasteiger partial charge in [0.1, 0.15) is 24.2 Å². The Morgan fingerprint density at radius 2 is 1.45 bits per heavy atom. The van der Waals surface area contributed by atoms with E-state index in [0.29, 0.717) is 25.8 Å². The molecule has 0 radical (unpaired) electrons. The van der Waals surface area contributed by atoms with Crippen molar-refractivity contribution in [3.05, 3.63) is 35.4 Å². The molecule has 1 saturated heterocycles. The number of Topliss-reactive ketones (excluding diaryl/α,β-unsaturated/α-hetero) is 1. The minimum atomic E-state index is -1.11. The van der Waals surface area contributed by atoms with E-state index in [-0.39, 0.29) is 29.3 Å². The predicted octanol–water partition coefficient (Wildman–Crippen LogP) is 2.65. The normalized spacial score (nSPS) is 24.5. The highest BCUT2D eigenvalue weighted by Gasteiger charge is 2.70. The second-order valence-corrected chi connectivity index (χ2v) is 17.3. The summed E-state index contributed by atoms with van der Waals surface area (Å²) in [5, 5.41) is 8.37. The molecule has 0 spiro atoms. The number of hydrogen-bond acceptors (Lipinski definition) is 7.